The molecule has 3 nitrogen and oxygen atoms in total. The smallest absolute Gasteiger partial charge is 0.252 e. The van der Waals surface area contributed by atoms with Crippen molar-refractivity contribution in [3.8, 4) is 0 Å². The summed E-state index contributed by atoms with van der Waals surface area (Å²) in [5.74, 6) is -0.0854. The number of aliphatic hydroxyl groups excluding tert-OH is 1. The summed E-state index contributed by atoms with van der Waals surface area (Å²) in [6.07, 6.45) is 4.46. The first-order chi connectivity index (χ1) is 10.3. The van der Waals surface area contributed by atoms with Crippen molar-refractivity contribution in [1.29, 1.82) is 0 Å². The van der Waals surface area contributed by atoms with E-state index in [1.807, 2.05) is 42.5 Å². The molecule has 0 bridgehead atoms. The van der Waals surface area contributed by atoms with Gasteiger partial charge in [-0.3, -0.25) is 4.79 Å². The summed E-state index contributed by atoms with van der Waals surface area (Å²) in [6.45, 7) is 0. The number of hydrogen-bond acceptors (Lipinski definition) is 2. The van der Waals surface area contributed by atoms with Crippen LogP contribution in [0.3, 0.4) is 0 Å². The molecule has 21 heavy (non-hydrogen) atoms. The number of carbonyl (C=O) groups excluding carboxylic acids is 1. The molecule has 3 heteroatoms. The lowest BCUT2D eigenvalue weighted by molar-refractivity contribution is 0.0820. The third kappa shape index (κ3) is 3.08. The molecule has 0 spiro atoms. The largest absolute Gasteiger partial charge is 0.391 e. The van der Waals surface area contributed by atoms with E-state index in [-0.39, 0.29) is 11.9 Å². The molecule has 0 aromatic heterocycles. The second-order valence-corrected chi connectivity index (χ2v) is 5.81. The molecule has 1 fully saturated rings. The van der Waals surface area contributed by atoms with Gasteiger partial charge in [0.1, 0.15) is 0 Å². The van der Waals surface area contributed by atoms with Crippen molar-refractivity contribution < 1.29 is 9.90 Å². The topological polar surface area (TPSA) is 49.3 Å². The van der Waals surface area contributed by atoms with E-state index < -0.39 is 6.10 Å². The molecule has 2 N–H and O–H groups in total. The van der Waals surface area contributed by atoms with E-state index >= 15 is 0 Å². The minimum Gasteiger partial charge on any atom is -0.391 e. The fourth-order valence-corrected chi connectivity index (χ4v) is 3.13. The van der Waals surface area contributed by atoms with E-state index in [2.05, 4.69) is 5.32 Å². The predicted molar refractivity (Wildman–Crippen MR) is 84.3 cm³/mol. The molecular weight excluding hydrogens is 262 g/mol. The van der Waals surface area contributed by atoms with E-state index in [4.69, 9.17) is 0 Å². The molecule has 1 amide bonds. The summed E-state index contributed by atoms with van der Waals surface area (Å²) in [7, 11) is 0. The van der Waals surface area contributed by atoms with Gasteiger partial charge in [0, 0.05) is 5.56 Å². The number of nitrogens with one attached hydrogen (secondary N) is 1. The molecule has 1 aliphatic carbocycles. The number of benzene rings is 2. The minimum atomic E-state index is -0.425. The standard InChI is InChI=1S/C18H21NO2/c20-17-12-3-1-2-11-16(17)19-18(21)15-10-6-8-13-7-4-5-9-14(13)15/h4-10,16-17,20H,1-3,11-12H2,(H,19,21). The molecular formula is C18H21NO2. The molecule has 2 unspecified atom stereocenters. The van der Waals surface area contributed by atoms with Gasteiger partial charge in [-0.15, -0.1) is 0 Å². The van der Waals surface area contributed by atoms with Crippen molar-refractivity contribution in [1.82, 2.24) is 5.32 Å². The lowest BCUT2D eigenvalue weighted by atomic mass is 10.0. The maximum Gasteiger partial charge on any atom is 0.252 e. The normalized spacial score (nSPS) is 22.7. The Labute approximate surface area is 125 Å². The average Bonchev–Trinajstić information content (AvgIpc) is 2.71. The molecule has 2 aromatic rings. The molecule has 3 rings (SSSR count). The van der Waals surface area contributed by atoms with E-state index in [0.29, 0.717) is 5.56 Å². The zero-order valence-electron chi connectivity index (χ0n) is 12.1. The van der Waals surface area contributed by atoms with Crippen molar-refractivity contribution in [2.45, 2.75) is 44.2 Å². The van der Waals surface area contributed by atoms with Gasteiger partial charge in [0.2, 0.25) is 0 Å². The molecule has 0 saturated heterocycles. The van der Waals surface area contributed by atoms with Crippen LogP contribution in [-0.4, -0.2) is 23.2 Å². The average molecular weight is 283 g/mol. The van der Waals surface area contributed by atoms with Gasteiger partial charge in [-0.25, -0.2) is 0 Å². The Bertz CT molecular complexity index is 633. The maximum atomic E-state index is 12.6. The Morgan fingerprint density at radius 2 is 1.76 bits per heavy atom. The first-order valence-electron chi connectivity index (χ1n) is 7.72. The van der Waals surface area contributed by atoms with Crippen molar-refractivity contribution in [3.05, 3.63) is 48.0 Å². The van der Waals surface area contributed by atoms with Gasteiger partial charge in [-0.05, 0) is 29.7 Å². The van der Waals surface area contributed by atoms with E-state index in [1.165, 1.54) is 0 Å². The Balaban J connectivity index is 1.83. The highest BCUT2D eigenvalue weighted by molar-refractivity contribution is 6.07. The molecule has 110 valence electrons. The molecule has 2 aromatic carbocycles. The lowest BCUT2D eigenvalue weighted by Crippen LogP contribution is -2.42. The summed E-state index contributed by atoms with van der Waals surface area (Å²) < 4.78 is 0. The Hall–Kier alpha value is -1.87. The summed E-state index contributed by atoms with van der Waals surface area (Å²) in [5.41, 5.74) is 0.685. The fourth-order valence-electron chi connectivity index (χ4n) is 3.13. The van der Waals surface area contributed by atoms with Crippen molar-refractivity contribution in [2.75, 3.05) is 0 Å². The van der Waals surface area contributed by atoms with Crippen molar-refractivity contribution >= 4 is 16.7 Å². The van der Waals surface area contributed by atoms with Gasteiger partial charge in [0.05, 0.1) is 12.1 Å². The van der Waals surface area contributed by atoms with Gasteiger partial charge in [0.25, 0.3) is 5.91 Å². The summed E-state index contributed by atoms with van der Waals surface area (Å²) >= 11 is 0. The SMILES string of the molecule is O=C(NC1CCCCCC1O)c1cccc2ccccc12. The highest BCUT2D eigenvalue weighted by atomic mass is 16.3. The lowest BCUT2D eigenvalue weighted by Gasteiger charge is -2.22. The Morgan fingerprint density at radius 1 is 1.00 bits per heavy atom. The van der Waals surface area contributed by atoms with Gasteiger partial charge < -0.3 is 10.4 Å². The number of fused-ring (bicyclic) bond motifs is 1. The van der Waals surface area contributed by atoms with Crippen LogP contribution in [-0.2, 0) is 0 Å². The molecule has 2 atom stereocenters. The number of aliphatic hydroxyl groups is 1. The number of rotatable bonds is 2. The monoisotopic (exact) mass is 283 g/mol. The molecule has 1 saturated carbocycles. The third-order valence-corrected chi connectivity index (χ3v) is 4.33. The van der Waals surface area contributed by atoms with E-state index in [1.54, 1.807) is 0 Å². The minimum absolute atomic E-state index is 0.0854. The quantitative estimate of drug-likeness (QED) is 0.831. The fraction of sp³-hybridized carbons (Fsp3) is 0.389. The number of amides is 1. The highest BCUT2D eigenvalue weighted by Gasteiger charge is 2.24. The van der Waals surface area contributed by atoms with Crippen molar-refractivity contribution in [3.63, 3.8) is 0 Å². The van der Waals surface area contributed by atoms with Crippen LogP contribution in [0.5, 0.6) is 0 Å². The van der Waals surface area contributed by atoms with Crippen LogP contribution < -0.4 is 5.32 Å². The van der Waals surface area contributed by atoms with Crippen LogP contribution in [0.25, 0.3) is 10.8 Å². The summed E-state index contributed by atoms with van der Waals surface area (Å²) in [6, 6.07) is 13.5. The van der Waals surface area contributed by atoms with Gasteiger partial charge in [-0.1, -0.05) is 55.7 Å². The molecule has 0 heterocycles. The number of hydrogen-bond donors (Lipinski definition) is 2. The van der Waals surface area contributed by atoms with Gasteiger partial charge >= 0.3 is 0 Å². The molecule has 0 aliphatic heterocycles. The molecule has 1 aliphatic rings. The third-order valence-electron chi connectivity index (χ3n) is 4.33. The summed E-state index contributed by atoms with van der Waals surface area (Å²) in [5, 5.41) is 15.2. The first kappa shape index (κ1) is 14.1. The van der Waals surface area contributed by atoms with E-state index in [0.717, 1.165) is 42.9 Å². The maximum absolute atomic E-state index is 12.6. The molecule has 0 radical (unpaired) electrons. The first-order valence-corrected chi connectivity index (χ1v) is 7.72. The van der Waals surface area contributed by atoms with E-state index in [9.17, 15) is 9.90 Å². The van der Waals surface area contributed by atoms with Crippen LogP contribution in [0.1, 0.15) is 42.5 Å². The van der Waals surface area contributed by atoms with Gasteiger partial charge in [-0.2, -0.15) is 0 Å². The number of carbonyl (C=O) groups is 1. The van der Waals surface area contributed by atoms with Crippen LogP contribution in [0.15, 0.2) is 42.5 Å². The van der Waals surface area contributed by atoms with Crippen LogP contribution in [0.2, 0.25) is 0 Å². The van der Waals surface area contributed by atoms with Crippen LogP contribution in [0, 0.1) is 0 Å². The second kappa shape index (κ2) is 6.27. The van der Waals surface area contributed by atoms with Crippen molar-refractivity contribution in [2.24, 2.45) is 0 Å². The van der Waals surface area contributed by atoms with Crippen LogP contribution >= 0.6 is 0 Å². The Kier molecular flexibility index (Phi) is 4.20. The Morgan fingerprint density at radius 3 is 2.67 bits per heavy atom. The van der Waals surface area contributed by atoms with Gasteiger partial charge in [0.15, 0.2) is 0 Å². The van der Waals surface area contributed by atoms with Crippen LogP contribution in [0.4, 0.5) is 0 Å². The zero-order chi connectivity index (χ0) is 14.7. The highest BCUT2D eigenvalue weighted by Crippen LogP contribution is 2.21. The zero-order valence-corrected chi connectivity index (χ0v) is 12.1. The predicted octanol–water partition coefficient (Wildman–Crippen LogP) is 3.26. The second-order valence-electron chi connectivity index (χ2n) is 5.81. The summed E-state index contributed by atoms with van der Waals surface area (Å²) in [4.78, 5) is 12.6.